The summed E-state index contributed by atoms with van der Waals surface area (Å²) in [4.78, 5) is 5.09. The topological polar surface area (TPSA) is 42.4 Å². The molecule has 0 saturated carbocycles. The Morgan fingerprint density at radius 3 is 2.88 bits per heavy atom. The molecular weight excluding hydrogens is 222 g/mol. The first kappa shape index (κ1) is 11.1. The Balaban J connectivity index is 2.41. The molecular formula is C12H13NO2S. The van der Waals surface area contributed by atoms with Crippen molar-refractivity contribution < 1.29 is 9.84 Å². The van der Waals surface area contributed by atoms with E-state index < -0.39 is 6.10 Å². The predicted octanol–water partition coefficient (Wildman–Crippen LogP) is 2.54. The third-order valence-corrected chi connectivity index (χ3v) is 3.50. The predicted molar refractivity (Wildman–Crippen MR) is 63.9 cm³/mol. The fraction of sp³-hybridized carbons (Fsp3) is 0.250. The largest absolute Gasteiger partial charge is 0.495 e. The van der Waals surface area contributed by atoms with Crippen LogP contribution in [0.15, 0.2) is 29.8 Å². The van der Waals surface area contributed by atoms with Crippen LogP contribution < -0.4 is 4.74 Å². The molecule has 0 saturated heterocycles. The quantitative estimate of drug-likeness (QED) is 0.889. The van der Waals surface area contributed by atoms with Crippen molar-refractivity contribution in [2.24, 2.45) is 0 Å². The highest BCUT2D eigenvalue weighted by Crippen LogP contribution is 2.32. The van der Waals surface area contributed by atoms with Crippen molar-refractivity contribution in [3.8, 4) is 5.75 Å². The molecule has 0 spiro atoms. The number of aryl methyl sites for hydroxylation is 1. The van der Waals surface area contributed by atoms with Gasteiger partial charge in [0.05, 0.1) is 7.11 Å². The fourth-order valence-electron chi connectivity index (χ4n) is 1.57. The van der Waals surface area contributed by atoms with Crippen molar-refractivity contribution in [3.05, 3.63) is 45.9 Å². The molecule has 2 heterocycles. The number of rotatable bonds is 3. The van der Waals surface area contributed by atoms with Crippen LogP contribution in [0.25, 0.3) is 0 Å². The van der Waals surface area contributed by atoms with Crippen LogP contribution in [-0.4, -0.2) is 17.2 Å². The second kappa shape index (κ2) is 4.63. The summed E-state index contributed by atoms with van der Waals surface area (Å²) < 4.78 is 5.19. The van der Waals surface area contributed by atoms with Gasteiger partial charge in [-0.25, -0.2) is 0 Å². The Morgan fingerprint density at radius 1 is 1.44 bits per heavy atom. The van der Waals surface area contributed by atoms with E-state index in [9.17, 15) is 5.11 Å². The minimum atomic E-state index is -0.712. The van der Waals surface area contributed by atoms with Gasteiger partial charge in [-0.15, -0.1) is 11.3 Å². The molecule has 84 valence electrons. The molecule has 16 heavy (non-hydrogen) atoms. The van der Waals surface area contributed by atoms with E-state index in [2.05, 4.69) is 4.98 Å². The summed E-state index contributed by atoms with van der Waals surface area (Å²) in [7, 11) is 1.58. The number of hydrogen-bond donors (Lipinski definition) is 1. The number of methoxy groups -OCH3 is 1. The smallest absolute Gasteiger partial charge is 0.143 e. The highest BCUT2D eigenvalue weighted by Gasteiger charge is 2.19. The standard InChI is InChI=1S/C12H13NO2S/c1-8-5-7-16-12(8)11(14)10-9(15-2)4-3-6-13-10/h3-7,11,14H,1-2H3. The molecule has 1 N–H and O–H groups in total. The molecule has 3 nitrogen and oxygen atoms in total. The van der Waals surface area contributed by atoms with Gasteiger partial charge in [0, 0.05) is 11.1 Å². The summed E-state index contributed by atoms with van der Waals surface area (Å²) in [6.45, 7) is 1.98. The lowest BCUT2D eigenvalue weighted by molar-refractivity contribution is 0.212. The Hall–Kier alpha value is -1.39. The zero-order valence-corrected chi connectivity index (χ0v) is 9.99. The number of thiophene rings is 1. The Morgan fingerprint density at radius 2 is 2.25 bits per heavy atom. The van der Waals surface area contributed by atoms with E-state index in [-0.39, 0.29) is 0 Å². The Kier molecular flexibility index (Phi) is 3.22. The number of nitrogens with zero attached hydrogens (tertiary/aromatic N) is 1. The van der Waals surface area contributed by atoms with Crippen LogP contribution in [0.5, 0.6) is 5.75 Å². The van der Waals surface area contributed by atoms with E-state index in [1.807, 2.05) is 18.4 Å². The van der Waals surface area contributed by atoms with Gasteiger partial charge in [-0.2, -0.15) is 0 Å². The molecule has 0 aromatic carbocycles. The van der Waals surface area contributed by atoms with Crippen molar-refractivity contribution >= 4 is 11.3 Å². The molecule has 2 rings (SSSR count). The highest BCUT2D eigenvalue weighted by molar-refractivity contribution is 7.10. The van der Waals surface area contributed by atoms with Crippen molar-refractivity contribution in [3.63, 3.8) is 0 Å². The van der Waals surface area contributed by atoms with Gasteiger partial charge in [-0.3, -0.25) is 4.98 Å². The van der Waals surface area contributed by atoms with Crippen molar-refractivity contribution in [2.45, 2.75) is 13.0 Å². The highest BCUT2D eigenvalue weighted by atomic mass is 32.1. The van der Waals surface area contributed by atoms with E-state index in [1.54, 1.807) is 25.4 Å². The number of pyridine rings is 1. The van der Waals surface area contributed by atoms with Crippen LogP contribution in [0, 0.1) is 6.92 Å². The minimum Gasteiger partial charge on any atom is -0.495 e. The summed E-state index contributed by atoms with van der Waals surface area (Å²) in [5.41, 5.74) is 1.64. The van der Waals surface area contributed by atoms with Crippen molar-refractivity contribution in [2.75, 3.05) is 7.11 Å². The second-order valence-corrected chi connectivity index (χ2v) is 4.41. The van der Waals surface area contributed by atoms with Gasteiger partial charge in [0.1, 0.15) is 17.5 Å². The van der Waals surface area contributed by atoms with Gasteiger partial charge in [-0.1, -0.05) is 0 Å². The van der Waals surface area contributed by atoms with Gasteiger partial charge >= 0.3 is 0 Å². The normalized spacial score (nSPS) is 12.4. The molecule has 2 aromatic heterocycles. The van der Waals surface area contributed by atoms with Crippen LogP contribution in [-0.2, 0) is 0 Å². The monoisotopic (exact) mass is 235 g/mol. The number of aliphatic hydroxyl groups is 1. The summed E-state index contributed by atoms with van der Waals surface area (Å²) in [6, 6.07) is 5.57. The fourth-order valence-corrected chi connectivity index (χ4v) is 2.48. The summed E-state index contributed by atoms with van der Waals surface area (Å²) in [6.07, 6.45) is 0.945. The Labute approximate surface area is 98.4 Å². The van der Waals surface area contributed by atoms with Crippen molar-refractivity contribution in [1.29, 1.82) is 0 Å². The molecule has 0 radical (unpaired) electrons. The average molecular weight is 235 g/mol. The summed E-state index contributed by atoms with van der Waals surface area (Å²) >= 11 is 1.53. The SMILES string of the molecule is COc1cccnc1C(O)c1sccc1C. The molecule has 0 aliphatic carbocycles. The number of aliphatic hydroxyl groups excluding tert-OH is 1. The molecule has 0 amide bonds. The maximum Gasteiger partial charge on any atom is 0.143 e. The first-order valence-electron chi connectivity index (χ1n) is 4.95. The van der Waals surface area contributed by atoms with Crippen LogP contribution >= 0.6 is 11.3 Å². The number of ether oxygens (including phenoxy) is 1. The van der Waals surface area contributed by atoms with Gasteiger partial charge in [0.2, 0.25) is 0 Å². The summed E-state index contributed by atoms with van der Waals surface area (Å²) in [5, 5.41) is 12.2. The zero-order chi connectivity index (χ0) is 11.5. The number of hydrogen-bond acceptors (Lipinski definition) is 4. The molecule has 1 unspecified atom stereocenters. The van der Waals surface area contributed by atoms with E-state index >= 15 is 0 Å². The van der Waals surface area contributed by atoms with Gasteiger partial charge in [0.25, 0.3) is 0 Å². The van der Waals surface area contributed by atoms with Crippen LogP contribution in [0.3, 0.4) is 0 Å². The average Bonchev–Trinajstić information content (AvgIpc) is 2.74. The molecule has 0 aliphatic heterocycles. The lowest BCUT2D eigenvalue weighted by Crippen LogP contribution is -2.04. The lowest BCUT2D eigenvalue weighted by Gasteiger charge is -2.12. The van der Waals surface area contributed by atoms with Gasteiger partial charge < -0.3 is 9.84 Å². The van der Waals surface area contributed by atoms with Crippen LogP contribution in [0.4, 0.5) is 0 Å². The maximum atomic E-state index is 10.2. The Bertz CT molecular complexity index is 481. The second-order valence-electron chi connectivity index (χ2n) is 3.46. The van der Waals surface area contributed by atoms with E-state index in [4.69, 9.17) is 4.74 Å². The van der Waals surface area contributed by atoms with Crippen LogP contribution in [0.2, 0.25) is 0 Å². The third kappa shape index (κ3) is 1.94. The van der Waals surface area contributed by atoms with Gasteiger partial charge in [0.15, 0.2) is 0 Å². The van der Waals surface area contributed by atoms with Crippen LogP contribution in [0.1, 0.15) is 22.2 Å². The van der Waals surface area contributed by atoms with E-state index in [0.29, 0.717) is 11.4 Å². The third-order valence-electron chi connectivity index (χ3n) is 2.43. The molecule has 0 aliphatic rings. The van der Waals surface area contributed by atoms with Gasteiger partial charge in [-0.05, 0) is 36.1 Å². The first-order chi connectivity index (χ1) is 7.74. The molecule has 2 aromatic rings. The molecule has 0 bridgehead atoms. The summed E-state index contributed by atoms with van der Waals surface area (Å²) in [5.74, 6) is 0.614. The van der Waals surface area contributed by atoms with Crippen molar-refractivity contribution in [1.82, 2.24) is 4.98 Å². The zero-order valence-electron chi connectivity index (χ0n) is 9.18. The van der Waals surface area contributed by atoms with E-state index in [0.717, 1.165) is 10.4 Å². The molecule has 4 heteroatoms. The maximum absolute atomic E-state index is 10.2. The minimum absolute atomic E-state index is 0.565. The van der Waals surface area contributed by atoms with E-state index in [1.165, 1.54) is 11.3 Å². The first-order valence-corrected chi connectivity index (χ1v) is 5.83. The number of aromatic nitrogens is 1. The molecule has 1 atom stereocenters. The lowest BCUT2D eigenvalue weighted by atomic mass is 10.1. The molecule has 0 fully saturated rings.